The van der Waals surface area contributed by atoms with Crippen molar-refractivity contribution in [1.29, 1.82) is 0 Å². The Morgan fingerprint density at radius 1 is 1.03 bits per heavy atom. The van der Waals surface area contributed by atoms with E-state index in [1.165, 1.54) is 0 Å². The van der Waals surface area contributed by atoms with Gasteiger partial charge in [0.2, 0.25) is 5.95 Å². The van der Waals surface area contributed by atoms with Crippen molar-refractivity contribution < 1.29 is 14.0 Å². The molecule has 35 heavy (non-hydrogen) atoms. The molecule has 0 aliphatic heterocycles. The van der Waals surface area contributed by atoms with Gasteiger partial charge in [-0.05, 0) is 24.5 Å². The summed E-state index contributed by atoms with van der Waals surface area (Å²) in [6.45, 7) is 8.61. The molecule has 0 amide bonds. The normalized spacial score (nSPS) is 13.3. The molecule has 11 heteroatoms. The van der Waals surface area contributed by atoms with Crippen LogP contribution in [0.4, 0.5) is 5.95 Å². The summed E-state index contributed by atoms with van der Waals surface area (Å²) < 4.78 is 17.9. The first-order chi connectivity index (χ1) is 16.9. The van der Waals surface area contributed by atoms with E-state index in [4.69, 9.17) is 24.7 Å². The minimum absolute atomic E-state index is 0.174. The fourth-order valence-electron chi connectivity index (χ4n) is 3.61. The van der Waals surface area contributed by atoms with Gasteiger partial charge in [-0.2, -0.15) is 10.1 Å². The van der Waals surface area contributed by atoms with Crippen molar-refractivity contribution >= 4 is 5.95 Å². The number of hydrogen-bond donors (Lipinski definition) is 1. The van der Waals surface area contributed by atoms with Crippen LogP contribution in [0.25, 0.3) is 22.7 Å². The molecule has 11 nitrogen and oxygen atoms in total. The summed E-state index contributed by atoms with van der Waals surface area (Å²) in [6.07, 6.45) is 8.73. The minimum atomic E-state index is -0.518. The quantitative estimate of drug-likeness (QED) is 0.320. The van der Waals surface area contributed by atoms with Gasteiger partial charge in [0.15, 0.2) is 5.82 Å². The summed E-state index contributed by atoms with van der Waals surface area (Å²) in [5, 5.41) is 8.70. The summed E-state index contributed by atoms with van der Waals surface area (Å²) >= 11 is 0. The number of nitrogens with zero attached hydrogens (tertiary/aromatic N) is 7. The molecule has 0 saturated heterocycles. The molecule has 0 aliphatic rings. The van der Waals surface area contributed by atoms with Crippen LogP contribution in [-0.4, -0.2) is 61.8 Å². The van der Waals surface area contributed by atoms with Crippen LogP contribution in [0, 0.1) is 5.92 Å². The molecule has 0 bridgehead atoms. The number of ether oxygens (including phenoxy) is 2. The van der Waals surface area contributed by atoms with Gasteiger partial charge in [-0.15, -0.1) is 0 Å². The largest absolute Gasteiger partial charge is 0.382 e. The summed E-state index contributed by atoms with van der Waals surface area (Å²) in [7, 11) is 1.65. The number of methoxy groups -OCH3 is 1. The van der Waals surface area contributed by atoms with Crippen molar-refractivity contribution in [3.63, 3.8) is 0 Å². The van der Waals surface area contributed by atoms with Gasteiger partial charge in [0, 0.05) is 37.5 Å². The first kappa shape index (κ1) is 24.4. The Morgan fingerprint density at radius 3 is 2.51 bits per heavy atom. The second-order valence-corrected chi connectivity index (χ2v) is 8.64. The van der Waals surface area contributed by atoms with Crippen LogP contribution in [0.5, 0.6) is 0 Å². The summed E-state index contributed by atoms with van der Waals surface area (Å²) in [6, 6.07) is 3.96. The molecule has 4 rings (SSSR count). The third kappa shape index (κ3) is 5.36. The van der Waals surface area contributed by atoms with Gasteiger partial charge < -0.3 is 19.7 Å². The Labute approximate surface area is 203 Å². The molecule has 4 heterocycles. The number of nitrogens with two attached hydrogens (primary N) is 1. The fourth-order valence-corrected chi connectivity index (χ4v) is 3.61. The number of anilines is 1. The molecular weight excluding hydrogens is 448 g/mol. The van der Waals surface area contributed by atoms with E-state index in [-0.39, 0.29) is 11.9 Å². The summed E-state index contributed by atoms with van der Waals surface area (Å²) in [5.74, 6) is 1.41. The van der Waals surface area contributed by atoms with Crippen LogP contribution in [0.1, 0.15) is 32.2 Å². The molecule has 0 fully saturated rings. The van der Waals surface area contributed by atoms with Gasteiger partial charge in [-0.3, -0.25) is 9.67 Å². The third-order valence-corrected chi connectivity index (χ3v) is 6.15. The first-order valence-electron chi connectivity index (χ1n) is 11.4. The Hall–Kier alpha value is -3.70. The molecule has 0 saturated carbocycles. The monoisotopic (exact) mass is 478 g/mol. The first-order valence-corrected chi connectivity index (χ1v) is 11.4. The number of rotatable bonds is 11. The van der Waals surface area contributed by atoms with E-state index in [9.17, 15) is 0 Å². The van der Waals surface area contributed by atoms with E-state index in [0.717, 1.165) is 22.4 Å². The van der Waals surface area contributed by atoms with Gasteiger partial charge in [0.05, 0.1) is 49.2 Å². The zero-order chi connectivity index (χ0) is 24.8. The number of nitrogen functional groups attached to an aromatic ring is 1. The molecule has 0 aromatic carbocycles. The molecule has 4 aromatic heterocycles. The minimum Gasteiger partial charge on any atom is -0.382 e. The molecule has 1 atom stereocenters. The number of aromatic nitrogens is 7. The standard InChI is InChI=1S/C24H30N8O3/c1-16(2)24(3,19-5-6-20(26-14-19)17-11-27-23(25)28-12-17)22-30-21(35-31-22)18-13-29-32(15-18)7-8-34-10-9-33-4/h5-6,11-16H,7-10H2,1-4H3,(H2,25,27,28). The average Bonchev–Trinajstić information content (AvgIpc) is 3.54. The smallest absolute Gasteiger partial charge is 0.261 e. The lowest BCUT2D eigenvalue weighted by atomic mass is 9.73. The van der Waals surface area contributed by atoms with Gasteiger partial charge >= 0.3 is 0 Å². The van der Waals surface area contributed by atoms with Crippen LogP contribution >= 0.6 is 0 Å². The fraction of sp³-hybridized carbons (Fsp3) is 0.417. The van der Waals surface area contributed by atoms with Gasteiger partial charge in [0.1, 0.15) is 0 Å². The van der Waals surface area contributed by atoms with Gasteiger partial charge in [0.25, 0.3) is 5.89 Å². The molecule has 0 radical (unpaired) electrons. The van der Waals surface area contributed by atoms with E-state index in [1.54, 1.807) is 30.4 Å². The lowest BCUT2D eigenvalue weighted by molar-refractivity contribution is 0.0654. The van der Waals surface area contributed by atoms with Crippen molar-refractivity contribution in [3.8, 4) is 22.7 Å². The Balaban J connectivity index is 1.52. The average molecular weight is 479 g/mol. The van der Waals surface area contributed by atoms with Crippen LogP contribution < -0.4 is 5.73 Å². The van der Waals surface area contributed by atoms with Crippen LogP contribution in [0.3, 0.4) is 0 Å². The van der Waals surface area contributed by atoms with E-state index >= 15 is 0 Å². The highest BCUT2D eigenvalue weighted by Gasteiger charge is 2.38. The number of pyridine rings is 1. The van der Waals surface area contributed by atoms with Crippen molar-refractivity contribution in [2.75, 3.05) is 32.7 Å². The van der Waals surface area contributed by atoms with Crippen molar-refractivity contribution in [2.24, 2.45) is 5.92 Å². The predicted octanol–water partition coefficient (Wildman–Crippen LogP) is 2.99. The molecule has 2 N–H and O–H groups in total. The summed E-state index contributed by atoms with van der Waals surface area (Å²) in [4.78, 5) is 17.4. The Bertz CT molecular complexity index is 1220. The second kappa shape index (κ2) is 10.7. The second-order valence-electron chi connectivity index (χ2n) is 8.64. The maximum absolute atomic E-state index is 5.63. The van der Waals surface area contributed by atoms with E-state index in [2.05, 4.69) is 46.0 Å². The number of hydrogen-bond acceptors (Lipinski definition) is 10. The summed E-state index contributed by atoms with van der Waals surface area (Å²) in [5.41, 5.74) is 8.35. The van der Waals surface area contributed by atoms with Crippen molar-refractivity contribution in [3.05, 3.63) is 54.5 Å². The zero-order valence-corrected chi connectivity index (χ0v) is 20.4. The zero-order valence-electron chi connectivity index (χ0n) is 20.4. The SMILES string of the molecule is COCCOCCn1cc(-c2nc(C(C)(c3ccc(-c4cnc(N)nc4)nc3)C(C)C)no2)cn1. The molecule has 0 spiro atoms. The molecule has 184 valence electrons. The molecule has 1 unspecified atom stereocenters. The molecule has 0 aliphatic carbocycles. The van der Waals surface area contributed by atoms with Crippen molar-refractivity contribution in [2.45, 2.75) is 32.7 Å². The van der Waals surface area contributed by atoms with E-state index in [0.29, 0.717) is 38.1 Å². The third-order valence-electron chi connectivity index (χ3n) is 6.15. The lowest BCUT2D eigenvalue weighted by Gasteiger charge is -2.30. The van der Waals surface area contributed by atoms with Crippen LogP contribution in [-0.2, 0) is 21.4 Å². The van der Waals surface area contributed by atoms with E-state index in [1.807, 2.05) is 24.5 Å². The molecular formula is C24H30N8O3. The highest BCUT2D eigenvalue weighted by Crippen LogP contribution is 2.38. The van der Waals surface area contributed by atoms with Crippen LogP contribution in [0.15, 0.2) is 47.6 Å². The maximum atomic E-state index is 5.63. The van der Waals surface area contributed by atoms with Gasteiger partial charge in [-0.25, -0.2) is 9.97 Å². The van der Waals surface area contributed by atoms with E-state index < -0.39 is 5.41 Å². The Morgan fingerprint density at radius 2 is 1.83 bits per heavy atom. The highest BCUT2D eigenvalue weighted by molar-refractivity contribution is 5.58. The topological polar surface area (TPSA) is 140 Å². The highest BCUT2D eigenvalue weighted by atomic mass is 16.5. The maximum Gasteiger partial charge on any atom is 0.261 e. The lowest BCUT2D eigenvalue weighted by Crippen LogP contribution is -2.31. The predicted molar refractivity (Wildman–Crippen MR) is 129 cm³/mol. The molecule has 4 aromatic rings. The Kier molecular flexibility index (Phi) is 7.47. The van der Waals surface area contributed by atoms with Gasteiger partial charge in [-0.1, -0.05) is 25.1 Å². The van der Waals surface area contributed by atoms with Crippen LogP contribution in [0.2, 0.25) is 0 Å². The van der Waals surface area contributed by atoms with Crippen molar-refractivity contribution in [1.82, 2.24) is 34.9 Å².